The molecule has 0 aliphatic carbocycles. The maximum absolute atomic E-state index is 14.2. The molecule has 24 heavy (non-hydrogen) atoms. The van der Waals surface area contributed by atoms with Crippen LogP contribution >= 0.6 is 0 Å². The average Bonchev–Trinajstić information content (AvgIpc) is 2.55. The van der Waals surface area contributed by atoms with Crippen LogP contribution in [0.2, 0.25) is 0 Å². The first-order valence-electron chi connectivity index (χ1n) is 7.72. The Bertz CT molecular complexity index is 828. The Balaban J connectivity index is 2.06. The van der Waals surface area contributed by atoms with Gasteiger partial charge in [0.15, 0.2) is 5.96 Å². The van der Waals surface area contributed by atoms with Crippen molar-refractivity contribution in [2.24, 2.45) is 16.5 Å². The molecule has 0 saturated heterocycles. The Morgan fingerprint density at radius 2 is 1.88 bits per heavy atom. The molecule has 0 bridgehead atoms. The molecule has 2 amide bonds. The first kappa shape index (κ1) is 16.0. The van der Waals surface area contributed by atoms with Crippen LogP contribution in [0.4, 0.5) is 9.18 Å². The summed E-state index contributed by atoms with van der Waals surface area (Å²) in [6, 6.07) is 10.7. The highest BCUT2D eigenvalue weighted by Gasteiger charge is 2.25. The second-order valence-electron chi connectivity index (χ2n) is 5.86. The molecule has 3 rings (SSSR count). The van der Waals surface area contributed by atoms with Crippen LogP contribution in [0, 0.1) is 12.7 Å². The summed E-state index contributed by atoms with van der Waals surface area (Å²) in [5.41, 5.74) is 15.1. The molecular formula is C18H19FN4O. The standard InChI is InChI=1S/C18H19FN4O/c1-11-4-2-3-5-12(11)13-6-7-16(19)14-8-9-23(10-15(13)14)18(24)22-17(20)21/h2-7H,8-10H2,1H3,(H4,20,21,22,24). The van der Waals surface area contributed by atoms with E-state index in [0.717, 1.165) is 22.3 Å². The van der Waals surface area contributed by atoms with E-state index >= 15 is 0 Å². The van der Waals surface area contributed by atoms with Crippen molar-refractivity contribution >= 4 is 12.0 Å². The zero-order chi connectivity index (χ0) is 17.3. The number of hydrogen-bond donors (Lipinski definition) is 2. The molecule has 0 fully saturated rings. The van der Waals surface area contributed by atoms with E-state index in [1.54, 1.807) is 6.07 Å². The van der Waals surface area contributed by atoms with Gasteiger partial charge in [-0.3, -0.25) is 0 Å². The van der Waals surface area contributed by atoms with Gasteiger partial charge in [0.1, 0.15) is 5.82 Å². The molecule has 1 aliphatic heterocycles. The zero-order valence-electron chi connectivity index (χ0n) is 13.4. The van der Waals surface area contributed by atoms with Crippen LogP contribution in [-0.2, 0) is 13.0 Å². The number of benzene rings is 2. The van der Waals surface area contributed by atoms with Gasteiger partial charge in [-0.25, -0.2) is 9.18 Å². The molecule has 2 aromatic rings. The normalized spacial score (nSPS) is 13.3. The quantitative estimate of drug-likeness (QED) is 0.624. The van der Waals surface area contributed by atoms with Crippen molar-refractivity contribution in [3.8, 4) is 11.1 Å². The molecule has 4 N–H and O–H groups in total. The highest BCUT2D eigenvalue weighted by molar-refractivity contribution is 5.90. The number of halogens is 1. The van der Waals surface area contributed by atoms with E-state index in [-0.39, 0.29) is 18.3 Å². The first-order chi connectivity index (χ1) is 11.5. The van der Waals surface area contributed by atoms with Gasteiger partial charge in [-0.15, -0.1) is 0 Å². The van der Waals surface area contributed by atoms with Crippen LogP contribution < -0.4 is 11.5 Å². The molecule has 0 atom stereocenters. The fraction of sp³-hybridized carbons (Fsp3) is 0.222. The molecule has 0 aromatic heterocycles. The predicted octanol–water partition coefficient (Wildman–Crippen LogP) is 2.55. The van der Waals surface area contributed by atoms with Gasteiger partial charge in [-0.1, -0.05) is 30.3 Å². The van der Waals surface area contributed by atoms with Gasteiger partial charge >= 0.3 is 6.03 Å². The van der Waals surface area contributed by atoms with Gasteiger partial charge < -0.3 is 16.4 Å². The number of amides is 2. The lowest BCUT2D eigenvalue weighted by Crippen LogP contribution is -2.37. The molecule has 2 aromatic carbocycles. The number of hydrogen-bond acceptors (Lipinski definition) is 1. The number of guanidine groups is 1. The lowest BCUT2D eigenvalue weighted by molar-refractivity contribution is 0.202. The lowest BCUT2D eigenvalue weighted by Gasteiger charge is -2.29. The molecule has 0 saturated carbocycles. The molecule has 0 unspecified atom stereocenters. The second-order valence-corrected chi connectivity index (χ2v) is 5.86. The Kier molecular flexibility index (Phi) is 4.20. The first-order valence-corrected chi connectivity index (χ1v) is 7.72. The summed E-state index contributed by atoms with van der Waals surface area (Å²) in [4.78, 5) is 17.2. The van der Waals surface area contributed by atoms with Crippen LogP contribution in [0.15, 0.2) is 41.4 Å². The summed E-state index contributed by atoms with van der Waals surface area (Å²) in [5, 5.41) is 0. The number of aliphatic imine (C=N–C) groups is 1. The third kappa shape index (κ3) is 2.95. The maximum Gasteiger partial charge on any atom is 0.347 e. The number of rotatable bonds is 1. The number of carbonyl (C=O) groups excluding carboxylic acids is 1. The SMILES string of the molecule is Cc1ccccc1-c1ccc(F)c2c1CN(C(=O)N=C(N)N)CC2. The number of nitrogens with zero attached hydrogens (tertiary/aromatic N) is 2. The summed E-state index contributed by atoms with van der Waals surface area (Å²) in [6.07, 6.45) is 0.437. The number of fused-ring (bicyclic) bond motifs is 1. The van der Waals surface area contributed by atoms with E-state index in [9.17, 15) is 9.18 Å². The van der Waals surface area contributed by atoms with E-state index in [2.05, 4.69) is 4.99 Å². The summed E-state index contributed by atoms with van der Waals surface area (Å²) < 4.78 is 14.2. The molecule has 0 spiro atoms. The van der Waals surface area contributed by atoms with Crippen molar-refractivity contribution in [3.63, 3.8) is 0 Å². The number of aryl methyl sites for hydroxylation is 1. The highest BCUT2D eigenvalue weighted by Crippen LogP contribution is 2.33. The molecule has 6 heteroatoms. The Morgan fingerprint density at radius 3 is 2.58 bits per heavy atom. The van der Waals surface area contributed by atoms with Crippen molar-refractivity contribution in [3.05, 3.63) is 58.9 Å². The fourth-order valence-electron chi connectivity index (χ4n) is 3.10. The Hall–Kier alpha value is -2.89. The van der Waals surface area contributed by atoms with Crippen LogP contribution in [0.1, 0.15) is 16.7 Å². The van der Waals surface area contributed by atoms with Crippen LogP contribution in [0.5, 0.6) is 0 Å². The minimum atomic E-state index is -0.499. The fourth-order valence-corrected chi connectivity index (χ4v) is 3.10. The van der Waals surface area contributed by atoms with E-state index < -0.39 is 6.03 Å². The summed E-state index contributed by atoms with van der Waals surface area (Å²) >= 11 is 0. The largest absolute Gasteiger partial charge is 0.370 e. The monoisotopic (exact) mass is 326 g/mol. The van der Waals surface area contributed by atoms with Crippen LogP contribution in [-0.4, -0.2) is 23.4 Å². The topological polar surface area (TPSA) is 84.7 Å². The van der Waals surface area contributed by atoms with E-state index in [0.29, 0.717) is 18.5 Å². The Morgan fingerprint density at radius 1 is 1.12 bits per heavy atom. The Labute approximate surface area is 139 Å². The maximum atomic E-state index is 14.2. The van der Waals surface area contributed by atoms with Crippen molar-refractivity contribution in [1.29, 1.82) is 0 Å². The van der Waals surface area contributed by atoms with Gasteiger partial charge in [0, 0.05) is 13.1 Å². The summed E-state index contributed by atoms with van der Waals surface area (Å²) in [7, 11) is 0. The summed E-state index contributed by atoms with van der Waals surface area (Å²) in [5.74, 6) is -0.513. The van der Waals surface area contributed by atoms with Gasteiger partial charge in [-0.2, -0.15) is 4.99 Å². The molecule has 0 radical (unpaired) electrons. The van der Waals surface area contributed by atoms with E-state index in [4.69, 9.17) is 11.5 Å². The number of carbonyl (C=O) groups is 1. The van der Waals surface area contributed by atoms with E-state index in [1.807, 2.05) is 31.2 Å². The van der Waals surface area contributed by atoms with Crippen molar-refractivity contribution in [2.75, 3.05) is 6.54 Å². The lowest BCUT2D eigenvalue weighted by atomic mass is 9.89. The predicted molar refractivity (Wildman–Crippen MR) is 91.9 cm³/mol. The van der Waals surface area contributed by atoms with Crippen LogP contribution in [0.25, 0.3) is 11.1 Å². The minimum absolute atomic E-state index is 0.240. The van der Waals surface area contributed by atoms with Crippen LogP contribution in [0.3, 0.4) is 0 Å². The van der Waals surface area contributed by atoms with E-state index in [1.165, 1.54) is 11.0 Å². The third-order valence-electron chi connectivity index (χ3n) is 4.29. The molecule has 1 aliphatic rings. The molecule has 1 heterocycles. The van der Waals surface area contributed by atoms with Crippen molar-refractivity contribution in [1.82, 2.24) is 4.90 Å². The summed E-state index contributed by atoms with van der Waals surface area (Å²) in [6.45, 7) is 2.68. The van der Waals surface area contributed by atoms with Crippen molar-refractivity contribution in [2.45, 2.75) is 19.9 Å². The van der Waals surface area contributed by atoms with Gasteiger partial charge in [0.25, 0.3) is 0 Å². The molecular weight excluding hydrogens is 307 g/mol. The minimum Gasteiger partial charge on any atom is -0.370 e. The third-order valence-corrected chi connectivity index (χ3v) is 4.29. The van der Waals surface area contributed by atoms with Gasteiger partial charge in [0.2, 0.25) is 0 Å². The number of urea groups is 1. The van der Waals surface area contributed by atoms with Crippen molar-refractivity contribution < 1.29 is 9.18 Å². The smallest absolute Gasteiger partial charge is 0.347 e. The average molecular weight is 326 g/mol. The van der Waals surface area contributed by atoms with Gasteiger partial charge in [0.05, 0.1) is 0 Å². The highest BCUT2D eigenvalue weighted by atomic mass is 19.1. The van der Waals surface area contributed by atoms with Gasteiger partial charge in [-0.05, 0) is 47.2 Å². The molecule has 124 valence electrons. The second kappa shape index (κ2) is 6.31. The number of nitrogens with two attached hydrogens (primary N) is 2. The zero-order valence-corrected chi connectivity index (χ0v) is 13.4. The molecule has 5 nitrogen and oxygen atoms in total.